The lowest BCUT2D eigenvalue weighted by atomic mass is 9.84. The number of ether oxygens (including phenoxy) is 2. The Morgan fingerprint density at radius 1 is 0.955 bits per heavy atom. The second-order valence-electron chi connectivity index (χ2n) is 6.62. The van der Waals surface area contributed by atoms with E-state index < -0.39 is 5.79 Å². The molecule has 0 N–H and O–H groups in total. The predicted octanol–water partition coefficient (Wildman–Crippen LogP) is 4.99. The average molecular weight is 361 g/mol. The van der Waals surface area contributed by atoms with Crippen molar-refractivity contribution in [3.8, 4) is 0 Å². The molecule has 116 valence electrons. The number of rotatable bonds is 2. The molecule has 0 spiro atoms. The Balaban J connectivity index is 2.18. The van der Waals surface area contributed by atoms with E-state index in [0.717, 1.165) is 15.6 Å². The van der Waals surface area contributed by atoms with E-state index in [-0.39, 0.29) is 5.41 Å². The van der Waals surface area contributed by atoms with Crippen LogP contribution in [0.2, 0.25) is 0 Å². The summed E-state index contributed by atoms with van der Waals surface area (Å²) in [7, 11) is 0. The first-order valence-corrected chi connectivity index (χ1v) is 8.37. The number of hydrogen-bond acceptors (Lipinski definition) is 2. The van der Waals surface area contributed by atoms with Crippen molar-refractivity contribution < 1.29 is 9.47 Å². The van der Waals surface area contributed by atoms with Gasteiger partial charge in [0.05, 0.1) is 13.2 Å². The molecular formula is C19H21BrO2. The van der Waals surface area contributed by atoms with Gasteiger partial charge in [0, 0.05) is 15.6 Å². The van der Waals surface area contributed by atoms with Crippen LogP contribution in [0.4, 0.5) is 0 Å². The van der Waals surface area contributed by atoms with Gasteiger partial charge in [-0.15, -0.1) is 0 Å². The Bertz CT molecular complexity index is 653. The van der Waals surface area contributed by atoms with Gasteiger partial charge in [-0.1, -0.05) is 73.1 Å². The molecule has 3 rings (SSSR count). The van der Waals surface area contributed by atoms with Gasteiger partial charge in [0.25, 0.3) is 0 Å². The van der Waals surface area contributed by atoms with Crippen LogP contribution >= 0.6 is 15.9 Å². The van der Waals surface area contributed by atoms with Crippen molar-refractivity contribution in [3.63, 3.8) is 0 Å². The van der Waals surface area contributed by atoms with Gasteiger partial charge in [-0.25, -0.2) is 0 Å². The van der Waals surface area contributed by atoms with Crippen molar-refractivity contribution in [1.82, 2.24) is 0 Å². The minimum absolute atomic E-state index is 0.0753. The summed E-state index contributed by atoms with van der Waals surface area (Å²) in [5, 5.41) is 0. The molecule has 0 bridgehead atoms. The molecule has 1 saturated heterocycles. The molecule has 0 saturated carbocycles. The minimum Gasteiger partial charge on any atom is -0.340 e. The van der Waals surface area contributed by atoms with Crippen LogP contribution in [0.3, 0.4) is 0 Å². The second kappa shape index (κ2) is 5.80. The molecule has 2 aromatic rings. The molecule has 1 fully saturated rings. The Kier molecular flexibility index (Phi) is 4.15. The molecule has 2 aromatic carbocycles. The lowest BCUT2D eigenvalue weighted by Gasteiger charge is -2.31. The summed E-state index contributed by atoms with van der Waals surface area (Å²) in [6.07, 6.45) is 0. The molecule has 0 atom stereocenters. The molecule has 22 heavy (non-hydrogen) atoms. The topological polar surface area (TPSA) is 18.5 Å². The quantitative estimate of drug-likeness (QED) is 0.750. The van der Waals surface area contributed by atoms with Gasteiger partial charge in [-0.3, -0.25) is 0 Å². The lowest BCUT2D eigenvalue weighted by molar-refractivity contribution is -0.130. The van der Waals surface area contributed by atoms with Crippen LogP contribution in [0.1, 0.15) is 37.5 Å². The van der Waals surface area contributed by atoms with Crippen molar-refractivity contribution in [1.29, 1.82) is 0 Å². The fourth-order valence-corrected chi connectivity index (χ4v) is 3.30. The molecule has 1 aliphatic heterocycles. The summed E-state index contributed by atoms with van der Waals surface area (Å²) < 4.78 is 13.2. The summed E-state index contributed by atoms with van der Waals surface area (Å²) in [6.45, 7) is 7.84. The first-order valence-electron chi connectivity index (χ1n) is 7.57. The van der Waals surface area contributed by atoms with Crippen LogP contribution in [-0.4, -0.2) is 13.2 Å². The molecule has 3 heteroatoms. The van der Waals surface area contributed by atoms with E-state index in [0.29, 0.717) is 13.2 Å². The molecule has 0 unspecified atom stereocenters. The van der Waals surface area contributed by atoms with E-state index in [1.807, 2.05) is 18.2 Å². The highest BCUT2D eigenvalue weighted by molar-refractivity contribution is 9.10. The van der Waals surface area contributed by atoms with Crippen LogP contribution in [0, 0.1) is 0 Å². The van der Waals surface area contributed by atoms with Crippen molar-refractivity contribution in [2.24, 2.45) is 0 Å². The number of benzene rings is 2. The van der Waals surface area contributed by atoms with E-state index in [2.05, 4.69) is 67.0 Å². The van der Waals surface area contributed by atoms with Crippen LogP contribution in [0.15, 0.2) is 53.0 Å². The first kappa shape index (κ1) is 15.7. The average Bonchev–Trinajstić information content (AvgIpc) is 2.98. The third-order valence-corrected chi connectivity index (χ3v) is 4.73. The maximum atomic E-state index is 6.11. The Morgan fingerprint density at radius 2 is 1.59 bits per heavy atom. The SMILES string of the molecule is CC(C)(C)c1ccc(Br)c(C2(c3ccccc3)OCCO2)c1. The number of halogens is 1. The molecule has 0 amide bonds. The van der Waals surface area contributed by atoms with Crippen molar-refractivity contribution in [2.75, 3.05) is 13.2 Å². The fraction of sp³-hybridized carbons (Fsp3) is 0.368. The largest absolute Gasteiger partial charge is 0.340 e. The Hall–Kier alpha value is -1.16. The van der Waals surface area contributed by atoms with Gasteiger partial charge >= 0.3 is 0 Å². The highest BCUT2D eigenvalue weighted by atomic mass is 79.9. The Labute approximate surface area is 140 Å². The lowest BCUT2D eigenvalue weighted by Crippen LogP contribution is -2.30. The summed E-state index contributed by atoms with van der Waals surface area (Å²) in [6, 6.07) is 16.6. The van der Waals surface area contributed by atoms with Gasteiger partial charge < -0.3 is 9.47 Å². The number of hydrogen-bond donors (Lipinski definition) is 0. The highest BCUT2D eigenvalue weighted by Crippen LogP contribution is 2.43. The van der Waals surface area contributed by atoms with Gasteiger partial charge in [0.15, 0.2) is 0 Å². The zero-order valence-electron chi connectivity index (χ0n) is 13.2. The summed E-state index contributed by atoms with van der Waals surface area (Å²) in [5.74, 6) is -0.818. The monoisotopic (exact) mass is 360 g/mol. The normalized spacial score (nSPS) is 17.6. The van der Waals surface area contributed by atoms with E-state index in [4.69, 9.17) is 9.47 Å². The smallest absolute Gasteiger partial charge is 0.223 e. The third kappa shape index (κ3) is 2.73. The fourth-order valence-electron chi connectivity index (χ4n) is 2.79. The Morgan fingerprint density at radius 3 is 2.18 bits per heavy atom. The molecule has 0 aromatic heterocycles. The summed E-state index contributed by atoms with van der Waals surface area (Å²) in [4.78, 5) is 0. The van der Waals surface area contributed by atoms with Crippen LogP contribution in [-0.2, 0) is 20.7 Å². The third-order valence-electron chi connectivity index (χ3n) is 4.03. The molecule has 1 aliphatic rings. The molecule has 2 nitrogen and oxygen atoms in total. The first-order chi connectivity index (χ1) is 10.4. The van der Waals surface area contributed by atoms with Crippen molar-refractivity contribution in [2.45, 2.75) is 32.0 Å². The standard InChI is InChI=1S/C19H21BrO2/c1-18(2,3)15-9-10-17(20)16(13-15)19(21-11-12-22-19)14-7-5-4-6-8-14/h4-10,13H,11-12H2,1-3H3. The van der Waals surface area contributed by atoms with Crippen LogP contribution < -0.4 is 0 Å². The van der Waals surface area contributed by atoms with Crippen LogP contribution in [0.5, 0.6) is 0 Å². The van der Waals surface area contributed by atoms with E-state index in [1.165, 1.54) is 5.56 Å². The van der Waals surface area contributed by atoms with Gasteiger partial charge in [-0.2, -0.15) is 0 Å². The van der Waals surface area contributed by atoms with E-state index in [9.17, 15) is 0 Å². The van der Waals surface area contributed by atoms with Crippen molar-refractivity contribution in [3.05, 3.63) is 69.7 Å². The minimum atomic E-state index is -0.818. The van der Waals surface area contributed by atoms with Gasteiger partial charge in [0.2, 0.25) is 5.79 Å². The molecular weight excluding hydrogens is 340 g/mol. The maximum absolute atomic E-state index is 6.11. The van der Waals surface area contributed by atoms with Gasteiger partial charge in [-0.05, 0) is 23.1 Å². The molecule has 1 heterocycles. The zero-order valence-corrected chi connectivity index (χ0v) is 14.8. The molecule has 0 radical (unpaired) electrons. The predicted molar refractivity (Wildman–Crippen MR) is 92.0 cm³/mol. The maximum Gasteiger partial charge on any atom is 0.223 e. The van der Waals surface area contributed by atoms with E-state index >= 15 is 0 Å². The second-order valence-corrected chi connectivity index (χ2v) is 7.48. The van der Waals surface area contributed by atoms with E-state index in [1.54, 1.807) is 0 Å². The molecule has 0 aliphatic carbocycles. The van der Waals surface area contributed by atoms with Crippen LogP contribution in [0.25, 0.3) is 0 Å². The summed E-state index contributed by atoms with van der Waals surface area (Å²) >= 11 is 3.68. The zero-order chi connectivity index (χ0) is 15.8. The van der Waals surface area contributed by atoms with Crippen molar-refractivity contribution >= 4 is 15.9 Å². The highest BCUT2D eigenvalue weighted by Gasteiger charge is 2.42. The van der Waals surface area contributed by atoms with Gasteiger partial charge in [0.1, 0.15) is 0 Å². The summed E-state index contributed by atoms with van der Waals surface area (Å²) in [5.41, 5.74) is 3.40.